The minimum absolute atomic E-state index is 0.0360. The first-order chi connectivity index (χ1) is 15.7. The predicted molar refractivity (Wildman–Crippen MR) is 129 cm³/mol. The maximum Gasteiger partial charge on any atom is 0.339 e. The van der Waals surface area contributed by atoms with Crippen molar-refractivity contribution in [3.05, 3.63) is 66.0 Å². The standard InChI is InChI=1S/C28H36O5/c1-18(2)14-24(19(3)4)26(30)13-11-22(29)17-32-23-12-10-21-15-25(20-8-6-5-7-9-20)28(31)33-27(21)16-23/h5-10,12,15-16,18-19,21-22,24,27,29H,11,13-14,17H2,1-4H3. The first-order valence-electron chi connectivity index (χ1n) is 12.0. The average Bonchev–Trinajstić information content (AvgIpc) is 2.79. The summed E-state index contributed by atoms with van der Waals surface area (Å²) >= 11 is 0. The molecule has 0 saturated heterocycles. The van der Waals surface area contributed by atoms with Crippen LogP contribution >= 0.6 is 0 Å². The number of allylic oxidation sites excluding steroid dienone is 1. The van der Waals surface area contributed by atoms with Gasteiger partial charge in [-0.3, -0.25) is 4.79 Å². The number of Topliss-reactive ketones (excluding diaryl/α,β-unsaturated/α-hetero) is 1. The lowest BCUT2D eigenvalue weighted by Gasteiger charge is -2.29. The van der Waals surface area contributed by atoms with Gasteiger partial charge in [-0.05, 0) is 42.4 Å². The number of hydrogen-bond acceptors (Lipinski definition) is 5. The number of fused-ring (bicyclic) bond motifs is 1. The molecule has 33 heavy (non-hydrogen) atoms. The summed E-state index contributed by atoms with van der Waals surface area (Å²) in [4.78, 5) is 25.1. The zero-order valence-electron chi connectivity index (χ0n) is 20.1. The van der Waals surface area contributed by atoms with Crippen LogP contribution in [0.15, 0.2) is 60.4 Å². The minimum Gasteiger partial charge on any atom is -0.491 e. The van der Waals surface area contributed by atoms with Gasteiger partial charge in [-0.1, -0.05) is 70.2 Å². The number of aliphatic hydroxyl groups is 1. The van der Waals surface area contributed by atoms with Gasteiger partial charge in [0.25, 0.3) is 0 Å². The molecule has 178 valence electrons. The van der Waals surface area contributed by atoms with Crippen molar-refractivity contribution in [2.45, 2.75) is 59.2 Å². The molecule has 0 fully saturated rings. The van der Waals surface area contributed by atoms with E-state index in [1.165, 1.54) is 0 Å². The van der Waals surface area contributed by atoms with Crippen molar-refractivity contribution in [2.75, 3.05) is 6.61 Å². The lowest BCUT2D eigenvalue weighted by molar-refractivity contribution is -0.141. The van der Waals surface area contributed by atoms with E-state index in [1.807, 2.05) is 48.6 Å². The Morgan fingerprint density at radius 2 is 1.85 bits per heavy atom. The summed E-state index contributed by atoms with van der Waals surface area (Å²) in [5.74, 6) is 1.17. The van der Waals surface area contributed by atoms with Gasteiger partial charge in [0, 0.05) is 18.3 Å². The summed E-state index contributed by atoms with van der Waals surface area (Å²) in [6.45, 7) is 8.51. The van der Waals surface area contributed by atoms with Crippen LogP contribution in [-0.4, -0.2) is 35.7 Å². The molecule has 0 aromatic heterocycles. The van der Waals surface area contributed by atoms with E-state index >= 15 is 0 Å². The van der Waals surface area contributed by atoms with Gasteiger partial charge >= 0.3 is 5.97 Å². The fraction of sp³-hybridized carbons (Fsp3) is 0.500. The van der Waals surface area contributed by atoms with Crippen LogP contribution in [0.25, 0.3) is 5.57 Å². The lowest BCUT2D eigenvalue weighted by Crippen LogP contribution is -2.31. The predicted octanol–water partition coefficient (Wildman–Crippen LogP) is 5.11. The van der Waals surface area contributed by atoms with Gasteiger partial charge in [-0.25, -0.2) is 4.79 Å². The molecule has 3 rings (SSSR count). The summed E-state index contributed by atoms with van der Waals surface area (Å²) < 4.78 is 11.4. The van der Waals surface area contributed by atoms with E-state index in [0.29, 0.717) is 36.0 Å². The van der Waals surface area contributed by atoms with E-state index < -0.39 is 12.2 Å². The van der Waals surface area contributed by atoms with E-state index in [4.69, 9.17) is 9.47 Å². The second-order valence-corrected chi connectivity index (χ2v) is 9.77. The first-order valence-corrected chi connectivity index (χ1v) is 12.0. The third-order valence-corrected chi connectivity index (χ3v) is 6.21. The van der Waals surface area contributed by atoms with Crippen LogP contribution in [0.5, 0.6) is 0 Å². The molecule has 5 nitrogen and oxygen atoms in total. The summed E-state index contributed by atoms with van der Waals surface area (Å²) in [7, 11) is 0. The fourth-order valence-electron chi connectivity index (χ4n) is 4.34. The molecule has 1 aliphatic heterocycles. The van der Waals surface area contributed by atoms with Crippen molar-refractivity contribution in [3.63, 3.8) is 0 Å². The minimum atomic E-state index is -0.730. The van der Waals surface area contributed by atoms with E-state index in [9.17, 15) is 14.7 Å². The number of carbonyl (C=O) groups excluding carboxylic acids is 2. The van der Waals surface area contributed by atoms with Crippen LogP contribution in [0.2, 0.25) is 0 Å². The fourth-order valence-corrected chi connectivity index (χ4v) is 4.34. The van der Waals surface area contributed by atoms with Crippen LogP contribution in [-0.2, 0) is 19.1 Å². The monoisotopic (exact) mass is 452 g/mol. The molecule has 1 aromatic carbocycles. The number of rotatable bonds is 11. The van der Waals surface area contributed by atoms with Crippen LogP contribution < -0.4 is 0 Å². The molecule has 1 aliphatic carbocycles. The molecule has 5 heteroatoms. The van der Waals surface area contributed by atoms with Gasteiger partial charge in [0.05, 0.1) is 11.7 Å². The molecule has 4 atom stereocenters. The Hall–Kier alpha value is -2.66. The normalized spacial score (nSPS) is 21.7. The van der Waals surface area contributed by atoms with Crippen LogP contribution in [0.1, 0.15) is 52.5 Å². The second kappa shape index (κ2) is 11.5. The molecule has 0 saturated carbocycles. The summed E-state index contributed by atoms with van der Waals surface area (Å²) in [5, 5.41) is 10.3. The number of aliphatic hydroxyl groups excluding tert-OH is 1. The molecule has 0 amide bonds. The van der Waals surface area contributed by atoms with Gasteiger partial charge in [0.15, 0.2) is 0 Å². The van der Waals surface area contributed by atoms with Gasteiger partial charge in [-0.2, -0.15) is 0 Å². The van der Waals surface area contributed by atoms with Gasteiger partial charge in [0.1, 0.15) is 24.3 Å². The van der Waals surface area contributed by atoms with Crippen molar-refractivity contribution in [1.29, 1.82) is 0 Å². The number of carbonyl (C=O) groups is 2. The third-order valence-electron chi connectivity index (χ3n) is 6.21. The number of hydrogen-bond donors (Lipinski definition) is 1. The summed E-state index contributed by atoms with van der Waals surface area (Å²) in [6.07, 6.45) is 7.94. The Morgan fingerprint density at radius 3 is 2.52 bits per heavy atom. The highest BCUT2D eigenvalue weighted by Crippen LogP contribution is 2.32. The van der Waals surface area contributed by atoms with E-state index in [1.54, 1.807) is 6.08 Å². The topological polar surface area (TPSA) is 72.8 Å². The van der Waals surface area contributed by atoms with Crippen molar-refractivity contribution in [2.24, 2.45) is 23.7 Å². The highest BCUT2D eigenvalue weighted by atomic mass is 16.5. The van der Waals surface area contributed by atoms with Crippen LogP contribution in [0, 0.1) is 23.7 Å². The van der Waals surface area contributed by atoms with Gasteiger partial charge in [0.2, 0.25) is 0 Å². The second-order valence-electron chi connectivity index (χ2n) is 9.77. The molecule has 0 spiro atoms. The molecule has 1 heterocycles. The maximum atomic E-state index is 12.6. The Labute approximate surface area is 197 Å². The number of benzene rings is 1. The largest absolute Gasteiger partial charge is 0.491 e. The molecule has 0 bridgehead atoms. The number of ketones is 1. The van der Waals surface area contributed by atoms with Crippen molar-refractivity contribution >= 4 is 17.3 Å². The highest BCUT2D eigenvalue weighted by molar-refractivity contribution is 6.17. The Bertz CT molecular complexity index is 909. The van der Waals surface area contributed by atoms with Crippen molar-refractivity contribution < 1.29 is 24.2 Å². The van der Waals surface area contributed by atoms with E-state index in [0.717, 1.165) is 12.0 Å². The van der Waals surface area contributed by atoms with E-state index in [2.05, 4.69) is 27.7 Å². The molecule has 1 N–H and O–H groups in total. The zero-order valence-corrected chi connectivity index (χ0v) is 20.1. The van der Waals surface area contributed by atoms with Gasteiger partial charge in [-0.15, -0.1) is 0 Å². The SMILES string of the molecule is CC(C)CC(C(=O)CCC(O)COC1=CC2OC(=O)C(c3ccccc3)=CC2C=C1)C(C)C. The van der Waals surface area contributed by atoms with Crippen LogP contribution in [0.4, 0.5) is 0 Å². The Morgan fingerprint density at radius 1 is 1.12 bits per heavy atom. The van der Waals surface area contributed by atoms with E-state index in [-0.39, 0.29) is 30.2 Å². The lowest BCUT2D eigenvalue weighted by atomic mass is 9.83. The highest BCUT2D eigenvalue weighted by Gasteiger charge is 2.31. The first kappa shape index (κ1) is 25.0. The average molecular weight is 453 g/mol. The van der Waals surface area contributed by atoms with Crippen molar-refractivity contribution in [3.8, 4) is 0 Å². The summed E-state index contributed by atoms with van der Waals surface area (Å²) in [6, 6.07) is 9.48. The van der Waals surface area contributed by atoms with Crippen molar-refractivity contribution in [1.82, 2.24) is 0 Å². The quantitative estimate of drug-likeness (QED) is 0.472. The Balaban J connectivity index is 1.50. The molecule has 4 unspecified atom stereocenters. The molecule has 0 radical (unpaired) electrons. The third kappa shape index (κ3) is 6.91. The maximum absolute atomic E-state index is 12.6. The molecular formula is C28H36O5. The molecular weight excluding hydrogens is 416 g/mol. The van der Waals surface area contributed by atoms with Gasteiger partial charge < -0.3 is 14.6 Å². The Kier molecular flexibility index (Phi) is 8.67. The smallest absolute Gasteiger partial charge is 0.339 e. The number of esters is 1. The summed E-state index contributed by atoms with van der Waals surface area (Å²) in [5.41, 5.74) is 1.41. The zero-order chi connectivity index (χ0) is 24.0. The number of ether oxygens (including phenoxy) is 2. The van der Waals surface area contributed by atoms with Crippen LogP contribution in [0.3, 0.4) is 0 Å². The molecule has 2 aliphatic rings. The molecule has 1 aromatic rings.